The molecule has 10 heteroatoms. The smallest absolute Gasteiger partial charge is 0.283 e. The lowest BCUT2D eigenvalue weighted by atomic mass is 9.83. The number of rotatable bonds is 4. The molecule has 1 atom stereocenters. The molecule has 0 aliphatic heterocycles. The Morgan fingerprint density at radius 1 is 0.793 bits per heavy atom. The van der Waals surface area contributed by atoms with Crippen molar-refractivity contribution in [2.45, 2.75) is 4.75 Å². The van der Waals surface area contributed by atoms with E-state index in [1.165, 1.54) is 42.5 Å². The largest absolute Gasteiger partial charge is 0.508 e. The minimum Gasteiger partial charge on any atom is -0.508 e. The van der Waals surface area contributed by atoms with Gasteiger partial charge in [-0.25, -0.2) is 0 Å². The molecule has 0 spiro atoms. The van der Waals surface area contributed by atoms with Gasteiger partial charge in [-0.1, -0.05) is 70.7 Å². The van der Waals surface area contributed by atoms with E-state index in [9.17, 15) is 23.2 Å². The molecule has 152 valence electrons. The zero-order chi connectivity index (χ0) is 21.6. The lowest BCUT2D eigenvalue weighted by Gasteiger charge is -2.34. The Kier molecular flexibility index (Phi) is 5.98. The molecule has 3 aromatic carbocycles. The van der Waals surface area contributed by atoms with Gasteiger partial charge in [0.05, 0.1) is 10.0 Å². The second-order valence-corrected chi connectivity index (χ2v) is 9.28. The average Bonchev–Trinajstić information content (AvgIpc) is 2.61. The van der Waals surface area contributed by atoms with E-state index in [1.807, 2.05) is 0 Å². The first kappa shape index (κ1) is 22.0. The van der Waals surface area contributed by atoms with Gasteiger partial charge in [-0.15, -0.1) is 0 Å². The van der Waals surface area contributed by atoms with Crippen molar-refractivity contribution in [2.24, 2.45) is 0 Å². The maximum Gasteiger partial charge on any atom is 0.283 e. The zero-order valence-electron chi connectivity index (χ0n) is 14.3. The Labute approximate surface area is 186 Å². The molecule has 1 unspecified atom stereocenters. The molecule has 0 saturated heterocycles. The summed E-state index contributed by atoms with van der Waals surface area (Å²) in [6.45, 7) is 0. The van der Waals surface area contributed by atoms with Crippen LogP contribution >= 0.6 is 46.4 Å². The van der Waals surface area contributed by atoms with E-state index in [1.54, 1.807) is 6.07 Å². The highest BCUT2D eigenvalue weighted by atomic mass is 35.5. The summed E-state index contributed by atoms with van der Waals surface area (Å²) in [5.41, 5.74) is -0.463. The molecule has 0 fully saturated rings. The molecular weight excluding hydrogens is 482 g/mol. The van der Waals surface area contributed by atoms with Gasteiger partial charge < -0.3 is 10.2 Å². The molecule has 0 aliphatic rings. The minimum absolute atomic E-state index is 0.00520. The molecule has 5 nitrogen and oxygen atoms in total. The van der Waals surface area contributed by atoms with E-state index >= 15 is 0 Å². The molecule has 0 saturated carbocycles. The standard InChI is InChI=1S/C19H12Cl4O5S/c20-11-7-10(8-12(24)9-11)19(29(26,27)28,13-3-1-2-4-15(13)21)14-5-6-16(22)18(25)17(14)23/h1-9,24-25H,(H,26,27,28). The van der Waals surface area contributed by atoms with Crippen molar-refractivity contribution in [3.63, 3.8) is 0 Å². The van der Waals surface area contributed by atoms with E-state index in [0.29, 0.717) is 0 Å². The highest BCUT2D eigenvalue weighted by Crippen LogP contribution is 2.51. The third kappa shape index (κ3) is 3.65. The van der Waals surface area contributed by atoms with E-state index in [0.717, 1.165) is 6.07 Å². The summed E-state index contributed by atoms with van der Waals surface area (Å²) < 4.78 is 34.0. The van der Waals surface area contributed by atoms with Gasteiger partial charge in [0.15, 0.2) is 10.5 Å². The Morgan fingerprint density at radius 2 is 1.45 bits per heavy atom. The van der Waals surface area contributed by atoms with Crippen molar-refractivity contribution in [3.05, 3.63) is 91.4 Å². The van der Waals surface area contributed by atoms with E-state index in [4.69, 9.17) is 46.4 Å². The predicted octanol–water partition coefficient (Wildman–Crippen LogP) is 5.89. The molecule has 0 aromatic heterocycles. The Morgan fingerprint density at radius 3 is 2.03 bits per heavy atom. The van der Waals surface area contributed by atoms with Gasteiger partial charge >= 0.3 is 0 Å². The summed E-state index contributed by atoms with van der Waals surface area (Å²) in [6, 6.07) is 11.9. The van der Waals surface area contributed by atoms with Crippen molar-refractivity contribution >= 4 is 56.5 Å². The molecule has 0 amide bonds. The summed E-state index contributed by atoms with van der Waals surface area (Å²) >= 11 is 24.5. The fraction of sp³-hybridized carbons (Fsp3) is 0.0526. The number of phenolic OH excluding ortho intramolecular Hbond substituents is 2. The van der Waals surface area contributed by atoms with Gasteiger partial charge in [-0.3, -0.25) is 4.55 Å². The van der Waals surface area contributed by atoms with Crippen LogP contribution in [0.3, 0.4) is 0 Å². The molecule has 3 N–H and O–H groups in total. The maximum absolute atomic E-state index is 13.0. The van der Waals surface area contributed by atoms with Crippen molar-refractivity contribution < 1.29 is 23.2 Å². The third-order valence-electron chi connectivity index (χ3n) is 4.38. The number of hydrogen-bond donors (Lipinski definition) is 3. The number of phenols is 2. The van der Waals surface area contributed by atoms with Crippen LogP contribution in [-0.4, -0.2) is 23.2 Å². The van der Waals surface area contributed by atoms with Crippen LogP contribution in [0.1, 0.15) is 16.7 Å². The fourth-order valence-electron chi connectivity index (χ4n) is 3.22. The van der Waals surface area contributed by atoms with Crippen LogP contribution in [0.25, 0.3) is 0 Å². The molecule has 0 aliphatic carbocycles. The van der Waals surface area contributed by atoms with Crippen LogP contribution in [0.4, 0.5) is 0 Å². The second-order valence-electron chi connectivity index (χ2n) is 6.09. The predicted molar refractivity (Wildman–Crippen MR) is 114 cm³/mol. The second kappa shape index (κ2) is 7.87. The van der Waals surface area contributed by atoms with Gasteiger partial charge in [-0.2, -0.15) is 8.42 Å². The molecule has 0 heterocycles. The Hall–Kier alpha value is -1.67. The lowest BCUT2D eigenvalue weighted by Crippen LogP contribution is -2.39. The van der Waals surface area contributed by atoms with Crippen molar-refractivity contribution in [1.82, 2.24) is 0 Å². The summed E-state index contributed by atoms with van der Waals surface area (Å²) in [6.07, 6.45) is 0. The minimum atomic E-state index is -5.09. The van der Waals surface area contributed by atoms with Crippen LogP contribution in [0.15, 0.2) is 54.6 Å². The van der Waals surface area contributed by atoms with Gasteiger partial charge in [0, 0.05) is 21.2 Å². The average molecular weight is 494 g/mol. The Balaban J connectivity index is 2.63. The monoisotopic (exact) mass is 492 g/mol. The van der Waals surface area contributed by atoms with Crippen molar-refractivity contribution in [1.29, 1.82) is 0 Å². The molecular formula is C19H12Cl4O5S. The molecule has 29 heavy (non-hydrogen) atoms. The molecule has 3 aromatic rings. The topological polar surface area (TPSA) is 94.8 Å². The SMILES string of the molecule is O=S(=O)(O)C(c1cc(O)cc(Cl)c1)(c1ccccc1Cl)c1ccc(Cl)c(O)c1Cl. The van der Waals surface area contributed by atoms with Crippen molar-refractivity contribution in [2.75, 3.05) is 0 Å². The van der Waals surface area contributed by atoms with Crippen LogP contribution < -0.4 is 0 Å². The van der Waals surface area contributed by atoms with E-state index in [2.05, 4.69) is 0 Å². The van der Waals surface area contributed by atoms with Crippen LogP contribution in [0.5, 0.6) is 11.5 Å². The van der Waals surface area contributed by atoms with E-state index in [-0.39, 0.29) is 37.5 Å². The third-order valence-corrected chi connectivity index (χ3v) is 7.06. The van der Waals surface area contributed by atoms with Crippen LogP contribution in [-0.2, 0) is 14.9 Å². The van der Waals surface area contributed by atoms with Crippen LogP contribution in [0, 0.1) is 0 Å². The zero-order valence-corrected chi connectivity index (χ0v) is 18.1. The molecule has 0 bridgehead atoms. The summed E-state index contributed by atoms with van der Waals surface area (Å²) in [5.74, 6) is -0.945. The number of benzene rings is 3. The van der Waals surface area contributed by atoms with Gasteiger partial charge in [0.1, 0.15) is 5.75 Å². The maximum atomic E-state index is 13.0. The lowest BCUT2D eigenvalue weighted by molar-refractivity contribution is 0.455. The highest BCUT2D eigenvalue weighted by Gasteiger charge is 2.51. The number of halogens is 4. The first-order chi connectivity index (χ1) is 13.5. The number of hydrogen-bond acceptors (Lipinski definition) is 4. The van der Waals surface area contributed by atoms with Gasteiger partial charge in [0.25, 0.3) is 10.1 Å². The number of aromatic hydroxyl groups is 2. The fourth-order valence-corrected chi connectivity index (χ4v) is 5.67. The summed E-state index contributed by atoms with van der Waals surface area (Å²) in [4.78, 5) is 0. The van der Waals surface area contributed by atoms with E-state index < -0.39 is 25.6 Å². The first-order valence-electron chi connectivity index (χ1n) is 7.89. The van der Waals surface area contributed by atoms with Gasteiger partial charge in [0.2, 0.25) is 0 Å². The highest BCUT2D eigenvalue weighted by molar-refractivity contribution is 7.87. The Bertz CT molecular complexity index is 1190. The molecule has 0 radical (unpaired) electrons. The van der Waals surface area contributed by atoms with Crippen LogP contribution in [0.2, 0.25) is 20.1 Å². The normalized spacial score (nSPS) is 13.8. The van der Waals surface area contributed by atoms with Crippen molar-refractivity contribution in [3.8, 4) is 11.5 Å². The molecule has 3 rings (SSSR count). The first-order valence-corrected chi connectivity index (χ1v) is 10.8. The summed E-state index contributed by atoms with van der Waals surface area (Å²) in [7, 11) is -5.09. The van der Waals surface area contributed by atoms with Gasteiger partial charge in [-0.05, 0) is 35.9 Å². The quantitative estimate of drug-likeness (QED) is 0.311. The summed E-state index contributed by atoms with van der Waals surface area (Å²) in [5, 5.41) is 19.7.